The summed E-state index contributed by atoms with van der Waals surface area (Å²) < 4.78 is 11.6. The van der Waals surface area contributed by atoms with Gasteiger partial charge in [0.2, 0.25) is 11.8 Å². The van der Waals surface area contributed by atoms with E-state index in [9.17, 15) is 19.5 Å². The number of nitrogens with one attached hydrogen (secondary N) is 1. The number of anilines is 1. The zero-order valence-electron chi connectivity index (χ0n) is 25.7. The molecule has 0 unspecified atom stereocenters. The van der Waals surface area contributed by atoms with E-state index in [1.54, 1.807) is 55.6 Å². The largest absolute Gasteiger partial charge is 0.497 e. The number of nitrogens with zero attached hydrogens (tertiary/aromatic N) is 2. The van der Waals surface area contributed by atoms with E-state index in [1.165, 1.54) is 11.0 Å². The maximum atomic E-state index is 15.1. The minimum atomic E-state index is -1.52. The molecule has 2 aromatic carbocycles. The third-order valence-electron chi connectivity index (χ3n) is 10.2. The van der Waals surface area contributed by atoms with Crippen LogP contribution >= 0.6 is 23.2 Å². The fourth-order valence-electron chi connectivity index (χ4n) is 8.30. The molecule has 2 aliphatic carbocycles. The van der Waals surface area contributed by atoms with Crippen LogP contribution in [0.1, 0.15) is 49.2 Å². The summed E-state index contributed by atoms with van der Waals surface area (Å²) in [5.74, 6) is -3.77. The van der Waals surface area contributed by atoms with E-state index in [4.69, 9.17) is 32.4 Å². The maximum Gasteiger partial charge on any atom is 0.260 e. The van der Waals surface area contributed by atoms with E-state index in [0.717, 1.165) is 10.6 Å². The van der Waals surface area contributed by atoms with Crippen molar-refractivity contribution < 1.29 is 33.4 Å². The number of fused-ring (bicyclic) bond motifs is 4. The smallest absolute Gasteiger partial charge is 0.260 e. The summed E-state index contributed by atoms with van der Waals surface area (Å²) in [4.78, 5) is 58.5. The second-order valence-corrected chi connectivity index (χ2v) is 13.3. The standard InChI is InChI=1S/C35H33Cl2N3O7/c1-3-14-39-31(42)23-11-10-22-24(29(23)33(39)44)16-25-32(43)40(38-27-12-6-19(36)15-26(27)37)34(45)35(25,18-4-7-20(46-2)8-5-18)30(22)28-13-9-21(17-41)47-28/h4-10,12-13,15,23-25,29-30,38,41H,3,11,14,16-17H2,1-2H3/t23-,24+,25-,29-,30+,35+/m0/s1. The predicted octanol–water partition coefficient (Wildman–Crippen LogP) is 5.48. The second kappa shape index (κ2) is 11.8. The summed E-state index contributed by atoms with van der Waals surface area (Å²) in [6.45, 7) is 1.87. The van der Waals surface area contributed by atoms with Gasteiger partial charge in [0.1, 0.15) is 29.3 Å². The molecule has 1 aromatic heterocycles. The molecule has 3 fully saturated rings. The van der Waals surface area contributed by atoms with Gasteiger partial charge < -0.3 is 14.3 Å². The van der Waals surface area contributed by atoms with Gasteiger partial charge in [-0.3, -0.25) is 29.5 Å². The Hall–Kier alpha value is -4.12. The Labute approximate surface area is 281 Å². The third kappa shape index (κ3) is 4.63. The number of carbonyl (C=O) groups excluding carboxylic acids is 4. The van der Waals surface area contributed by atoms with Crippen molar-refractivity contribution in [1.82, 2.24) is 9.91 Å². The highest BCUT2D eigenvalue weighted by Crippen LogP contribution is 2.64. The van der Waals surface area contributed by atoms with E-state index in [-0.39, 0.29) is 29.9 Å². The lowest BCUT2D eigenvalue weighted by Crippen LogP contribution is -2.53. The first-order chi connectivity index (χ1) is 22.6. The Morgan fingerprint density at radius 1 is 1.00 bits per heavy atom. The topological polar surface area (TPSA) is 129 Å². The number of amides is 4. The summed E-state index contributed by atoms with van der Waals surface area (Å²) >= 11 is 12.6. The number of allylic oxidation sites excluding steroid dienone is 2. The van der Waals surface area contributed by atoms with Crippen molar-refractivity contribution >= 4 is 52.5 Å². The number of benzene rings is 2. The molecule has 1 saturated carbocycles. The van der Waals surface area contributed by atoms with E-state index in [0.29, 0.717) is 52.9 Å². The highest BCUT2D eigenvalue weighted by atomic mass is 35.5. The number of likely N-dealkylation sites (tertiary alicyclic amines) is 1. The number of aliphatic hydroxyl groups is 1. The van der Waals surface area contributed by atoms with Crippen molar-refractivity contribution in [3.63, 3.8) is 0 Å². The molecule has 3 aromatic rings. The Balaban J connectivity index is 1.44. The van der Waals surface area contributed by atoms with Crippen LogP contribution < -0.4 is 10.2 Å². The molecule has 2 aliphatic heterocycles. The normalized spacial score (nSPS) is 28.3. The van der Waals surface area contributed by atoms with Crippen LogP contribution in [-0.2, 0) is 31.2 Å². The lowest BCUT2D eigenvalue weighted by Gasteiger charge is -2.49. The number of imide groups is 2. The minimum absolute atomic E-state index is 0.152. The number of rotatable bonds is 8. The van der Waals surface area contributed by atoms with E-state index in [1.807, 2.05) is 13.0 Å². The Morgan fingerprint density at radius 2 is 1.77 bits per heavy atom. The van der Waals surface area contributed by atoms with Gasteiger partial charge in [-0.2, -0.15) is 5.01 Å². The number of hydrogen-bond donors (Lipinski definition) is 2. The molecule has 12 heteroatoms. The molecule has 47 heavy (non-hydrogen) atoms. The molecule has 2 N–H and O–H groups in total. The van der Waals surface area contributed by atoms with Crippen LogP contribution in [0.5, 0.6) is 5.75 Å². The van der Waals surface area contributed by atoms with Crippen LogP contribution in [0.3, 0.4) is 0 Å². The van der Waals surface area contributed by atoms with Gasteiger partial charge in [0.05, 0.1) is 41.5 Å². The zero-order valence-corrected chi connectivity index (χ0v) is 27.3. The molecule has 6 atom stereocenters. The van der Waals surface area contributed by atoms with Crippen molar-refractivity contribution in [2.24, 2.45) is 23.7 Å². The van der Waals surface area contributed by atoms with Gasteiger partial charge in [-0.05, 0) is 73.2 Å². The zero-order chi connectivity index (χ0) is 33.2. The second-order valence-electron chi connectivity index (χ2n) is 12.5. The maximum absolute atomic E-state index is 15.1. The molecule has 0 radical (unpaired) electrons. The van der Waals surface area contributed by atoms with Crippen molar-refractivity contribution in [2.45, 2.75) is 44.1 Å². The van der Waals surface area contributed by atoms with Crippen LogP contribution in [0.4, 0.5) is 5.69 Å². The van der Waals surface area contributed by atoms with E-state index in [2.05, 4.69) is 5.43 Å². The van der Waals surface area contributed by atoms with Gasteiger partial charge in [-0.15, -0.1) is 0 Å². The van der Waals surface area contributed by atoms with Crippen LogP contribution in [0, 0.1) is 23.7 Å². The number of aliphatic hydroxyl groups excluding tert-OH is 1. The minimum Gasteiger partial charge on any atom is -0.497 e. The number of furan rings is 1. The van der Waals surface area contributed by atoms with Crippen molar-refractivity contribution in [3.8, 4) is 5.75 Å². The van der Waals surface area contributed by atoms with Gasteiger partial charge >= 0.3 is 0 Å². The van der Waals surface area contributed by atoms with Crippen molar-refractivity contribution in [2.75, 3.05) is 19.1 Å². The third-order valence-corrected chi connectivity index (χ3v) is 10.8. The van der Waals surface area contributed by atoms with E-state index < -0.39 is 46.8 Å². The first kappa shape index (κ1) is 31.5. The highest BCUT2D eigenvalue weighted by molar-refractivity contribution is 6.36. The van der Waals surface area contributed by atoms with Crippen LogP contribution in [0.25, 0.3) is 0 Å². The van der Waals surface area contributed by atoms with Crippen LogP contribution in [0.15, 0.2) is 70.7 Å². The molecule has 7 rings (SSSR count). The number of carbonyl (C=O) groups is 4. The van der Waals surface area contributed by atoms with Gasteiger partial charge in [-0.1, -0.05) is 53.9 Å². The van der Waals surface area contributed by atoms with Gasteiger partial charge in [-0.25, -0.2) is 0 Å². The number of hydrogen-bond acceptors (Lipinski definition) is 8. The number of methoxy groups -OCH3 is 1. The van der Waals surface area contributed by atoms with Crippen LogP contribution in [-0.4, -0.2) is 52.3 Å². The summed E-state index contributed by atoms with van der Waals surface area (Å²) in [6, 6.07) is 15.1. The monoisotopic (exact) mass is 677 g/mol. The number of ether oxygens (including phenoxy) is 1. The first-order valence-electron chi connectivity index (χ1n) is 15.6. The van der Waals surface area contributed by atoms with Crippen molar-refractivity contribution in [3.05, 3.63) is 93.4 Å². The van der Waals surface area contributed by atoms with Gasteiger partial charge in [0, 0.05) is 11.6 Å². The summed E-state index contributed by atoms with van der Waals surface area (Å²) in [5.41, 5.74) is 3.07. The fourth-order valence-corrected chi connectivity index (χ4v) is 8.75. The molecule has 3 heterocycles. The molecular weight excluding hydrogens is 645 g/mol. The summed E-state index contributed by atoms with van der Waals surface area (Å²) in [5, 5.41) is 11.6. The molecule has 10 nitrogen and oxygen atoms in total. The van der Waals surface area contributed by atoms with E-state index >= 15 is 4.79 Å². The summed E-state index contributed by atoms with van der Waals surface area (Å²) in [6.07, 6.45) is 3.06. The lowest BCUT2D eigenvalue weighted by atomic mass is 9.50. The molecule has 2 saturated heterocycles. The molecule has 0 bridgehead atoms. The van der Waals surface area contributed by atoms with Crippen LogP contribution in [0.2, 0.25) is 10.0 Å². The fraction of sp³-hybridized carbons (Fsp3) is 0.371. The summed E-state index contributed by atoms with van der Waals surface area (Å²) in [7, 11) is 1.54. The average Bonchev–Trinajstić information content (AvgIpc) is 3.71. The molecule has 244 valence electrons. The molecular formula is C35H33Cl2N3O7. The molecule has 4 amide bonds. The SMILES string of the molecule is CCCN1C(=O)[C@H]2[C@H](CC=C3[C@H]2C[C@H]2C(=O)N(Nc4ccc(Cl)cc4Cl)C(=O)[C@@]2(c2ccc(OC)cc2)[C@H]3c2ccc(CO)o2)C1=O. The Bertz CT molecular complexity index is 1820. The Kier molecular flexibility index (Phi) is 7.93. The van der Waals surface area contributed by atoms with Crippen molar-refractivity contribution in [1.29, 1.82) is 0 Å². The molecule has 4 aliphatic rings. The number of halogens is 2. The average molecular weight is 679 g/mol. The first-order valence-corrected chi connectivity index (χ1v) is 16.4. The number of hydrazine groups is 1. The quantitative estimate of drug-likeness (QED) is 0.237. The Morgan fingerprint density at radius 3 is 2.43 bits per heavy atom. The lowest BCUT2D eigenvalue weighted by molar-refractivity contribution is -0.141. The van der Waals surface area contributed by atoms with Gasteiger partial charge in [0.15, 0.2) is 0 Å². The predicted molar refractivity (Wildman–Crippen MR) is 172 cm³/mol. The highest BCUT2D eigenvalue weighted by Gasteiger charge is 2.71. The molecule has 0 spiro atoms. The van der Waals surface area contributed by atoms with Gasteiger partial charge in [0.25, 0.3) is 11.8 Å².